The Labute approximate surface area is 145 Å². The monoisotopic (exact) mass is 335 g/mol. The Morgan fingerprint density at radius 1 is 1.20 bits per heavy atom. The Kier molecular flexibility index (Phi) is 3.76. The number of hydrogen-bond donors (Lipinski definition) is 0. The fourth-order valence-electron chi connectivity index (χ4n) is 3.27. The largest absolute Gasteiger partial charge is 0.497 e. The second-order valence-electron chi connectivity index (χ2n) is 6.20. The SMILES string of the molecule is COc1ccc2c(c1)OC1=Cc3cc([N+](=O)[O-])ccc3C=CC1CC2. The molecule has 5 heteroatoms. The average molecular weight is 335 g/mol. The molecule has 0 radical (unpaired) electrons. The van der Waals surface area contributed by atoms with Crippen molar-refractivity contribution in [3.05, 3.63) is 75.0 Å². The highest BCUT2D eigenvalue weighted by atomic mass is 16.6. The van der Waals surface area contributed by atoms with Crippen molar-refractivity contribution in [1.29, 1.82) is 0 Å². The number of nitro benzene ring substituents is 1. The number of nitro groups is 1. The van der Waals surface area contributed by atoms with Gasteiger partial charge in [0.25, 0.3) is 5.69 Å². The summed E-state index contributed by atoms with van der Waals surface area (Å²) in [5.74, 6) is 2.49. The molecule has 126 valence electrons. The Morgan fingerprint density at radius 2 is 2.08 bits per heavy atom. The predicted octanol–water partition coefficient (Wildman–Crippen LogP) is 4.61. The van der Waals surface area contributed by atoms with Crippen LogP contribution < -0.4 is 9.47 Å². The lowest BCUT2D eigenvalue weighted by molar-refractivity contribution is -0.384. The summed E-state index contributed by atoms with van der Waals surface area (Å²) in [6.07, 6.45) is 7.89. The third-order valence-electron chi connectivity index (χ3n) is 4.68. The van der Waals surface area contributed by atoms with Crippen molar-refractivity contribution in [3.8, 4) is 11.5 Å². The van der Waals surface area contributed by atoms with Gasteiger partial charge in [0.1, 0.15) is 17.3 Å². The molecular formula is C20H17NO4. The van der Waals surface area contributed by atoms with Crippen LogP contribution in [0.5, 0.6) is 11.5 Å². The lowest BCUT2D eigenvalue weighted by Crippen LogP contribution is -2.04. The molecule has 1 heterocycles. The van der Waals surface area contributed by atoms with Gasteiger partial charge in [0.2, 0.25) is 0 Å². The van der Waals surface area contributed by atoms with E-state index in [2.05, 4.69) is 6.08 Å². The Balaban J connectivity index is 1.78. The van der Waals surface area contributed by atoms with E-state index in [4.69, 9.17) is 9.47 Å². The molecule has 0 aromatic heterocycles. The predicted molar refractivity (Wildman–Crippen MR) is 95.5 cm³/mol. The summed E-state index contributed by atoms with van der Waals surface area (Å²) in [6, 6.07) is 10.8. The zero-order valence-electron chi connectivity index (χ0n) is 13.8. The summed E-state index contributed by atoms with van der Waals surface area (Å²) >= 11 is 0. The van der Waals surface area contributed by atoms with Crippen LogP contribution in [0.25, 0.3) is 12.2 Å². The van der Waals surface area contributed by atoms with Gasteiger partial charge in [-0.25, -0.2) is 0 Å². The lowest BCUT2D eigenvalue weighted by Gasteiger charge is -2.14. The molecule has 25 heavy (non-hydrogen) atoms. The van der Waals surface area contributed by atoms with Crippen molar-refractivity contribution in [2.75, 3.05) is 7.11 Å². The molecule has 1 aliphatic carbocycles. The summed E-state index contributed by atoms with van der Waals surface area (Å²) in [5.41, 5.74) is 2.98. The van der Waals surface area contributed by atoms with E-state index >= 15 is 0 Å². The zero-order valence-corrected chi connectivity index (χ0v) is 13.8. The summed E-state index contributed by atoms with van der Waals surface area (Å²) in [7, 11) is 1.63. The van der Waals surface area contributed by atoms with Crippen LogP contribution in [0.1, 0.15) is 23.1 Å². The number of ether oxygens (including phenoxy) is 2. The van der Waals surface area contributed by atoms with Crippen molar-refractivity contribution in [1.82, 2.24) is 0 Å². The molecule has 0 saturated carbocycles. The van der Waals surface area contributed by atoms with E-state index in [1.165, 1.54) is 6.07 Å². The van der Waals surface area contributed by atoms with E-state index < -0.39 is 0 Å². The summed E-state index contributed by atoms with van der Waals surface area (Å²) < 4.78 is 11.5. The smallest absolute Gasteiger partial charge is 0.270 e. The second-order valence-corrected chi connectivity index (χ2v) is 6.20. The first-order valence-corrected chi connectivity index (χ1v) is 8.17. The molecule has 0 spiro atoms. The van der Waals surface area contributed by atoms with Crippen molar-refractivity contribution in [2.24, 2.45) is 5.92 Å². The number of methoxy groups -OCH3 is 1. The van der Waals surface area contributed by atoms with Crippen molar-refractivity contribution in [2.45, 2.75) is 12.8 Å². The van der Waals surface area contributed by atoms with Crippen LogP contribution in [0.4, 0.5) is 5.69 Å². The van der Waals surface area contributed by atoms with Gasteiger partial charge in [-0.15, -0.1) is 0 Å². The molecule has 2 aromatic carbocycles. The van der Waals surface area contributed by atoms with Crippen LogP contribution in [0.2, 0.25) is 0 Å². The normalized spacial score (nSPS) is 17.8. The fraction of sp³-hybridized carbons (Fsp3) is 0.200. The molecule has 2 aliphatic rings. The molecule has 2 aromatic rings. The van der Waals surface area contributed by atoms with Gasteiger partial charge in [-0.2, -0.15) is 0 Å². The number of non-ortho nitro benzene ring substituents is 1. The first kappa shape index (κ1) is 15.4. The van der Waals surface area contributed by atoms with Crippen LogP contribution in [0, 0.1) is 16.0 Å². The first-order valence-electron chi connectivity index (χ1n) is 8.17. The number of allylic oxidation sites excluding steroid dienone is 1. The van der Waals surface area contributed by atoms with E-state index in [-0.39, 0.29) is 16.5 Å². The van der Waals surface area contributed by atoms with Crippen molar-refractivity contribution in [3.63, 3.8) is 0 Å². The first-order chi connectivity index (χ1) is 12.1. The number of nitrogens with zero attached hydrogens (tertiary/aromatic N) is 1. The van der Waals surface area contributed by atoms with E-state index in [1.54, 1.807) is 19.2 Å². The fourth-order valence-corrected chi connectivity index (χ4v) is 3.27. The van der Waals surface area contributed by atoms with Gasteiger partial charge in [0.05, 0.1) is 12.0 Å². The Hall–Kier alpha value is -3.08. The molecule has 1 aliphatic heterocycles. The van der Waals surface area contributed by atoms with Gasteiger partial charge >= 0.3 is 0 Å². The third-order valence-corrected chi connectivity index (χ3v) is 4.68. The van der Waals surface area contributed by atoms with Gasteiger partial charge < -0.3 is 9.47 Å². The summed E-state index contributed by atoms with van der Waals surface area (Å²) in [6.45, 7) is 0. The van der Waals surface area contributed by atoms with Gasteiger partial charge in [0.15, 0.2) is 0 Å². The maximum atomic E-state index is 11.1. The minimum atomic E-state index is -0.376. The number of benzene rings is 2. The zero-order chi connectivity index (χ0) is 17.4. The molecule has 5 nitrogen and oxygen atoms in total. The van der Waals surface area contributed by atoms with Gasteiger partial charge in [-0.3, -0.25) is 10.1 Å². The van der Waals surface area contributed by atoms with E-state index in [0.29, 0.717) is 0 Å². The van der Waals surface area contributed by atoms with Gasteiger partial charge in [-0.05, 0) is 47.7 Å². The van der Waals surface area contributed by atoms with E-state index in [0.717, 1.165) is 46.8 Å². The van der Waals surface area contributed by atoms with Gasteiger partial charge in [-0.1, -0.05) is 18.2 Å². The minimum absolute atomic E-state index is 0.0816. The maximum Gasteiger partial charge on any atom is 0.270 e. The van der Waals surface area contributed by atoms with Crippen LogP contribution in [0.3, 0.4) is 0 Å². The van der Waals surface area contributed by atoms with E-state index in [9.17, 15) is 10.1 Å². The molecule has 0 fully saturated rings. The van der Waals surface area contributed by atoms with Crippen molar-refractivity contribution < 1.29 is 14.4 Å². The van der Waals surface area contributed by atoms with Gasteiger partial charge in [0, 0.05) is 24.1 Å². The summed E-state index contributed by atoms with van der Waals surface area (Å²) in [4.78, 5) is 10.7. The van der Waals surface area contributed by atoms with Crippen LogP contribution in [0.15, 0.2) is 48.2 Å². The van der Waals surface area contributed by atoms with E-state index in [1.807, 2.05) is 30.4 Å². The topological polar surface area (TPSA) is 61.6 Å². The van der Waals surface area contributed by atoms with Crippen LogP contribution in [-0.4, -0.2) is 12.0 Å². The number of fused-ring (bicyclic) bond motifs is 3. The molecule has 0 N–H and O–H groups in total. The molecule has 1 unspecified atom stereocenters. The molecule has 0 amide bonds. The average Bonchev–Trinajstić information content (AvgIpc) is 2.89. The number of rotatable bonds is 2. The number of aryl methyl sites for hydroxylation is 1. The van der Waals surface area contributed by atoms with Crippen LogP contribution >= 0.6 is 0 Å². The Bertz CT molecular complexity index is 914. The third kappa shape index (κ3) is 2.89. The maximum absolute atomic E-state index is 11.1. The highest BCUT2D eigenvalue weighted by Gasteiger charge is 2.23. The summed E-state index contributed by atoms with van der Waals surface area (Å²) in [5, 5.41) is 11.1. The Morgan fingerprint density at radius 3 is 2.88 bits per heavy atom. The molecule has 4 rings (SSSR count). The molecule has 0 saturated heterocycles. The highest BCUT2D eigenvalue weighted by Crippen LogP contribution is 2.37. The molecule has 1 atom stereocenters. The lowest BCUT2D eigenvalue weighted by atomic mass is 9.98. The van der Waals surface area contributed by atoms with Crippen LogP contribution in [-0.2, 0) is 6.42 Å². The molecule has 0 bridgehead atoms. The minimum Gasteiger partial charge on any atom is -0.497 e. The quantitative estimate of drug-likeness (QED) is 0.594. The standard InChI is InChI=1S/C20H17NO4/c1-24-18-9-7-15-5-4-14-3-2-13-6-8-17(21(22)23)10-16(13)11-19(14)25-20(15)12-18/h2-3,6-12,14H,4-5H2,1H3. The second kappa shape index (κ2) is 6.09. The highest BCUT2D eigenvalue weighted by molar-refractivity contribution is 5.71. The van der Waals surface area contributed by atoms with Crippen molar-refractivity contribution >= 4 is 17.8 Å². The molecular weight excluding hydrogens is 318 g/mol. The number of hydrogen-bond acceptors (Lipinski definition) is 4.